The van der Waals surface area contributed by atoms with Crippen LogP contribution >= 0.6 is 11.6 Å². The van der Waals surface area contributed by atoms with Crippen LogP contribution in [0.25, 0.3) is 11.3 Å². The van der Waals surface area contributed by atoms with Crippen LogP contribution in [-0.2, 0) is 11.2 Å². The molecule has 3 aromatic rings. The molecule has 0 N–H and O–H groups in total. The van der Waals surface area contributed by atoms with E-state index in [1.807, 2.05) is 42.5 Å². The van der Waals surface area contributed by atoms with Crippen LogP contribution in [0.1, 0.15) is 12.3 Å². The molecule has 6 heteroatoms. The molecule has 0 atom stereocenters. The number of aryl methyl sites for hydroxylation is 1. The lowest BCUT2D eigenvalue weighted by molar-refractivity contribution is -0.130. The highest BCUT2D eigenvalue weighted by Gasteiger charge is 2.12. The van der Waals surface area contributed by atoms with Crippen LogP contribution in [0.15, 0.2) is 65.2 Å². The number of benzene rings is 2. The van der Waals surface area contributed by atoms with Gasteiger partial charge < -0.3 is 14.1 Å². The number of likely N-dealkylation sites (N-methyl/N-ethyl adjacent to an activating group) is 1. The van der Waals surface area contributed by atoms with E-state index in [1.54, 1.807) is 30.3 Å². The first-order valence-corrected chi connectivity index (χ1v) is 9.12. The van der Waals surface area contributed by atoms with E-state index in [4.69, 9.17) is 20.8 Å². The molecule has 0 aliphatic heterocycles. The van der Waals surface area contributed by atoms with Crippen molar-refractivity contribution >= 4 is 17.5 Å². The van der Waals surface area contributed by atoms with Crippen LogP contribution in [0.4, 0.5) is 0 Å². The number of halogens is 1. The number of hydrogen-bond donors (Lipinski definition) is 0. The fourth-order valence-corrected chi connectivity index (χ4v) is 2.65. The summed E-state index contributed by atoms with van der Waals surface area (Å²) in [6.45, 7) is 0.974. The van der Waals surface area contributed by atoms with Gasteiger partial charge in [0.2, 0.25) is 5.91 Å². The number of carbonyl (C=O) groups is 1. The Bertz CT molecular complexity index is 863. The molecular formula is C21H21ClN2O3. The third-order valence-corrected chi connectivity index (χ3v) is 4.35. The minimum absolute atomic E-state index is 0.0258. The number of ether oxygens (including phenoxy) is 1. The molecule has 1 amide bonds. The average molecular weight is 385 g/mol. The van der Waals surface area contributed by atoms with Gasteiger partial charge in [0.05, 0.1) is 12.7 Å². The fraction of sp³-hybridized carbons (Fsp3) is 0.238. The fourth-order valence-electron chi connectivity index (χ4n) is 2.52. The van der Waals surface area contributed by atoms with E-state index in [0.717, 1.165) is 11.3 Å². The standard InChI is InChI=1S/C21H21ClN2O3/c1-24(13-14-26-18-5-3-2-4-6-18)21(25)12-11-20-23-15-19(27-20)16-7-9-17(22)10-8-16/h2-10,15H,11-14H2,1H3. The van der Waals surface area contributed by atoms with Gasteiger partial charge in [0, 0.05) is 30.5 Å². The number of carbonyl (C=O) groups excluding carboxylic acids is 1. The molecule has 0 aliphatic rings. The zero-order valence-electron chi connectivity index (χ0n) is 15.1. The van der Waals surface area contributed by atoms with Crippen molar-refractivity contribution in [3.05, 3.63) is 71.7 Å². The quantitative estimate of drug-likeness (QED) is 0.575. The van der Waals surface area contributed by atoms with Crippen molar-refractivity contribution in [1.29, 1.82) is 0 Å². The van der Waals surface area contributed by atoms with Crippen LogP contribution in [0.5, 0.6) is 5.75 Å². The molecule has 0 unspecified atom stereocenters. The molecule has 0 fully saturated rings. The Balaban J connectivity index is 1.44. The van der Waals surface area contributed by atoms with Crippen molar-refractivity contribution in [3.63, 3.8) is 0 Å². The van der Waals surface area contributed by atoms with Crippen LogP contribution < -0.4 is 4.74 Å². The molecule has 2 aromatic carbocycles. The van der Waals surface area contributed by atoms with Gasteiger partial charge >= 0.3 is 0 Å². The van der Waals surface area contributed by atoms with Crippen LogP contribution in [-0.4, -0.2) is 36.0 Å². The second-order valence-corrected chi connectivity index (χ2v) is 6.54. The molecular weight excluding hydrogens is 364 g/mol. The molecule has 0 saturated carbocycles. The Hall–Kier alpha value is -2.79. The van der Waals surface area contributed by atoms with Gasteiger partial charge in [-0.3, -0.25) is 4.79 Å². The lowest BCUT2D eigenvalue weighted by Crippen LogP contribution is -2.31. The molecule has 27 heavy (non-hydrogen) atoms. The maximum Gasteiger partial charge on any atom is 0.222 e. The first kappa shape index (κ1) is 19.0. The second kappa shape index (κ2) is 9.24. The normalized spacial score (nSPS) is 10.6. The van der Waals surface area contributed by atoms with Gasteiger partial charge in [-0.05, 0) is 36.4 Å². The van der Waals surface area contributed by atoms with Gasteiger partial charge in [-0.25, -0.2) is 4.98 Å². The number of hydrogen-bond acceptors (Lipinski definition) is 4. The number of amides is 1. The summed E-state index contributed by atoms with van der Waals surface area (Å²) in [6.07, 6.45) is 2.46. The van der Waals surface area contributed by atoms with E-state index >= 15 is 0 Å². The van der Waals surface area contributed by atoms with E-state index in [-0.39, 0.29) is 5.91 Å². The number of rotatable bonds is 8. The van der Waals surface area contributed by atoms with Gasteiger partial charge in [0.15, 0.2) is 11.7 Å². The summed E-state index contributed by atoms with van der Waals surface area (Å²) in [5.74, 6) is 2.03. The van der Waals surface area contributed by atoms with Gasteiger partial charge in [0.25, 0.3) is 0 Å². The number of nitrogens with zero attached hydrogens (tertiary/aromatic N) is 2. The smallest absolute Gasteiger partial charge is 0.222 e. The van der Waals surface area contributed by atoms with Gasteiger partial charge in [0.1, 0.15) is 12.4 Å². The highest BCUT2D eigenvalue weighted by molar-refractivity contribution is 6.30. The monoisotopic (exact) mass is 384 g/mol. The molecule has 0 bridgehead atoms. The maximum absolute atomic E-state index is 12.3. The first-order valence-electron chi connectivity index (χ1n) is 8.74. The largest absolute Gasteiger partial charge is 0.492 e. The minimum Gasteiger partial charge on any atom is -0.492 e. The third-order valence-electron chi connectivity index (χ3n) is 4.10. The SMILES string of the molecule is CN(CCOc1ccccc1)C(=O)CCc1ncc(-c2ccc(Cl)cc2)o1. The predicted octanol–water partition coefficient (Wildman–Crippen LogP) is 4.47. The average Bonchev–Trinajstić information content (AvgIpc) is 3.16. The molecule has 1 heterocycles. The van der Waals surface area contributed by atoms with Crippen molar-refractivity contribution < 1.29 is 13.9 Å². The predicted molar refractivity (Wildman–Crippen MR) is 105 cm³/mol. The summed E-state index contributed by atoms with van der Waals surface area (Å²) in [6, 6.07) is 16.9. The van der Waals surface area contributed by atoms with E-state index < -0.39 is 0 Å². The van der Waals surface area contributed by atoms with Gasteiger partial charge in [-0.1, -0.05) is 29.8 Å². The molecule has 1 aromatic heterocycles. The Morgan fingerprint density at radius 3 is 2.63 bits per heavy atom. The highest BCUT2D eigenvalue weighted by atomic mass is 35.5. The highest BCUT2D eigenvalue weighted by Crippen LogP contribution is 2.22. The minimum atomic E-state index is 0.0258. The molecule has 0 aliphatic carbocycles. The summed E-state index contributed by atoms with van der Waals surface area (Å²) < 4.78 is 11.3. The molecule has 3 rings (SSSR count). The Labute approximate surface area is 163 Å². The zero-order chi connectivity index (χ0) is 19.1. The van der Waals surface area contributed by atoms with E-state index in [9.17, 15) is 4.79 Å². The van der Waals surface area contributed by atoms with E-state index in [1.165, 1.54) is 0 Å². The summed E-state index contributed by atoms with van der Waals surface area (Å²) in [5, 5.41) is 0.670. The van der Waals surface area contributed by atoms with E-state index in [0.29, 0.717) is 42.7 Å². The summed E-state index contributed by atoms with van der Waals surface area (Å²) in [7, 11) is 1.77. The molecule has 0 saturated heterocycles. The number of para-hydroxylation sites is 1. The third kappa shape index (κ3) is 5.59. The van der Waals surface area contributed by atoms with Crippen molar-refractivity contribution in [2.75, 3.05) is 20.2 Å². The van der Waals surface area contributed by atoms with E-state index in [2.05, 4.69) is 4.98 Å². The topological polar surface area (TPSA) is 55.6 Å². The molecule has 140 valence electrons. The Morgan fingerprint density at radius 2 is 1.89 bits per heavy atom. The van der Waals surface area contributed by atoms with Crippen molar-refractivity contribution in [2.45, 2.75) is 12.8 Å². The first-order chi connectivity index (χ1) is 13.1. The number of aromatic nitrogens is 1. The van der Waals surface area contributed by atoms with Crippen LogP contribution in [0.2, 0.25) is 5.02 Å². The Kier molecular flexibility index (Phi) is 6.49. The van der Waals surface area contributed by atoms with Gasteiger partial charge in [-0.2, -0.15) is 0 Å². The lowest BCUT2D eigenvalue weighted by atomic mass is 10.2. The molecule has 0 radical (unpaired) electrons. The summed E-state index contributed by atoms with van der Waals surface area (Å²) in [4.78, 5) is 18.2. The Morgan fingerprint density at radius 1 is 1.15 bits per heavy atom. The van der Waals surface area contributed by atoms with Gasteiger partial charge in [-0.15, -0.1) is 0 Å². The molecule has 0 spiro atoms. The summed E-state index contributed by atoms with van der Waals surface area (Å²) >= 11 is 5.89. The van der Waals surface area contributed by atoms with Crippen molar-refractivity contribution in [3.8, 4) is 17.1 Å². The maximum atomic E-state index is 12.3. The van der Waals surface area contributed by atoms with Crippen LogP contribution in [0.3, 0.4) is 0 Å². The zero-order valence-corrected chi connectivity index (χ0v) is 15.9. The van der Waals surface area contributed by atoms with Crippen molar-refractivity contribution in [1.82, 2.24) is 9.88 Å². The second-order valence-electron chi connectivity index (χ2n) is 6.10. The molecule has 5 nitrogen and oxygen atoms in total. The van der Waals surface area contributed by atoms with Crippen LogP contribution in [0, 0.1) is 0 Å². The number of oxazole rings is 1. The van der Waals surface area contributed by atoms with Crippen molar-refractivity contribution in [2.24, 2.45) is 0 Å². The lowest BCUT2D eigenvalue weighted by Gasteiger charge is -2.17. The summed E-state index contributed by atoms with van der Waals surface area (Å²) in [5.41, 5.74) is 0.902.